The Hall–Kier alpha value is -2.72. The van der Waals surface area contributed by atoms with Gasteiger partial charge in [0.15, 0.2) is 0 Å². The molecule has 3 N–H and O–H groups in total. The van der Waals surface area contributed by atoms with Crippen LogP contribution in [0.3, 0.4) is 0 Å². The third kappa shape index (κ3) is 9.18. The average Bonchev–Trinajstić information content (AvgIpc) is 3.18. The number of allylic oxidation sites excluding steroid dienone is 1. The van der Waals surface area contributed by atoms with E-state index in [9.17, 15) is 18.9 Å². The Morgan fingerprint density at radius 2 is 1.96 bits per heavy atom. The molecule has 0 spiro atoms. The summed E-state index contributed by atoms with van der Waals surface area (Å²) in [6.45, 7) is 9.50. The fourth-order valence-electron chi connectivity index (χ4n) is 6.25. The number of rotatable bonds is 13. The normalized spacial score (nSPS) is 21.4. The lowest BCUT2D eigenvalue weighted by molar-refractivity contribution is -0.115. The summed E-state index contributed by atoms with van der Waals surface area (Å²) in [6.07, 6.45) is 9.07. The maximum atomic E-state index is 13.1. The number of ether oxygens (including phenoxy) is 1. The van der Waals surface area contributed by atoms with E-state index in [0.717, 1.165) is 51.2 Å². The number of aliphatic hydroxyl groups is 2. The van der Waals surface area contributed by atoms with Gasteiger partial charge < -0.3 is 24.6 Å². The predicted octanol–water partition coefficient (Wildman–Crippen LogP) is 6.00. The first kappa shape index (κ1) is 36.7. The summed E-state index contributed by atoms with van der Waals surface area (Å²) in [7, 11) is -0.493. The van der Waals surface area contributed by atoms with Crippen LogP contribution in [0.5, 0.6) is 5.75 Å². The zero-order valence-corrected chi connectivity index (χ0v) is 28.7. The summed E-state index contributed by atoms with van der Waals surface area (Å²) in [4.78, 5) is 26.9. The molecule has 1 heterocycles. The number of hydrogen-bond acceptors (Lipinski definition) is 7. The highest BCUT2D eigenvalue weighted by Crippen LogP contribution is 2.46. The van der Waals surface area contributed by atoms with Crippen LogP contribution in [-0.4, -0.2) is 64.3 Å². The van der Waals surface area contributed by atoms with Gasteiger partial charge >= 0.3 is 0 Å². The Bertz CT molecular complexity index is 1350. The van der Waals surface area contributed by atoms with Crippen molar-refractivity contribution in [2.24, 2.45) is 11.8 Å². The molecule has 2 aliphatic rings. The number of aryl methyl sites for hydroxylation is 1. The summed E-state index contributed by atoms with van der Waals surface area (Å²) in [6, 6.07) is 11.4. The lowest BCUT2D eigenvalue weighted by Crippen LogP contribution is -2.50. The number of aliphatic hydroxyl groups excluding tert-OH is 1. The van der Waals surface area contributed by atoms with Gasteiger partial charge in [0, 0.05) is 48.4 Å². The van der Waals surface area contributed by atoms with Crippen LogP contribution in [0, 0.1) is 11.8 Å². The molecule has 1 aliphatic heterocycles. The summed E-state index contributed by atoms with van der Waals surface area (Å²) in [5.74, 6) is 0.413. The molecule has 1 amide bonds. The van der Waals surface area contributed by atoms with Gasteiger partial charge in [0.1, 0.15) is 23.0 Å². The molecule has 0 bridgehead atoms. The van der Waals surface area contributed by atoms with Crippen molar-refractivity contribution in [1.82, 2.24) is 4.72 Å². The highest BCUT2D eigenvalue weighted by Gasteiger charge is 2.46. The number of anilines is 1. The topological polar surface area (TPSA) is 116 Å². The van der Waals surface area contributed by atoms with E-state index < -0.39 is 22.5 Å². The Morgan fingerprint density at radius 1 is 1.20 bits per heavy atom. The second-order valence-electron chi connectivity index (χ2n) is 12.1. The van der Waals surface area contributed by atoms with Crippen LogP contribution >= 0.6 is 11.6 Å². The lowest BCUT2D eigenvalue weighted by Gasteiger charge is -2.47. The molecule has 45 heavy (non-hydrogen) atoms. The number of aldehydes is 1. The van der Waals surface area contributed by atoms with Crippen molar-refractivity contribution in [1.29, 1.82) is 0 Å². The maximum absolute atomic E-state index is 13.1. The second-order valence-corrected chi connectivity index (χ2v) is 14.3. The van der Waals surface area contributed by atoms with Crippen LogP contribution in [0.15, 0.2) is 48.6 Å². The molecule has 2 aromatic carbocycles. The predicted molar refractivity (Wildman–Crippen MR) is 183 cm³/mol. The van der Waals surface area contributed by atoms with Gasteiger partial charge in [-0.25, -0.2) is 4.21 Å². The summed E-state index contributed by atoms with van der Waals surface area (Å²) < 4.78 is 21.4. The van der Waals surface area contributed by atoms with E-state index in [2.05, 4.69) is 22.6 Å². The molecule has 1 saturated carbocycles. The molecule has 0 aromatic heterocycles. The lowest BCUT2D eigenvalue weighted by atomic mass is 9.63. The zero-order valence-electron chi connectivity index (χ0n) is 27.1. The van der Waals surface area contributed by atoms with E-state index in [0.29, 0.717) is 36.0 Å². The largest absolute Gasteiger partial charge is 0.491 e. The molecule has 0 saturated heterocycles. The molecule has 0 radical (unpaired) electrons. The van der Waals surface area contributed by atoms with Crippen molar-refractivity contribution in [2.75, 3.05) is 31.7 Å². The number of nitrogens with zero attached hydrogens (tertiary/aromatic N) is 1. The van der Waals surface area contributed by atoms with E-state index in [-0.39, 0.29) is 29.4 Å². The molecule has 1 aliphatic carbocycles. The van der Waals surface area contributed by atoms with Crippen LogP contribution in [-0.2, 0) is 22.2 Å². The molecule has 1 fully saturated rings. The minimum Gasteiger partial charge on any atom is -0.491 e. The maximum Gasteiger partial charge on any atom is 0.263 e. The van der Waals surface area contributed by atoms with Crippen molar-refractivity contribution in [2.45, 2.75) is 83.0 Å². The molecule has 5 unspecified atom stereocenters. The average molecular weight is 661 g/mol. The highest BCUT2D eigenvalue weighted by molar-refractivity contribution is 7.84. The summed E-state index contributed by atoms with van der Waals surface area (Å²) in [5, 5.41) is 19.1. The highest BCUT2D eigenvalue weighted by atomic mass is 35.5. The number of fused-ring (bicyclic) bond motifs is 1. The van der Waals surface area contributed by atoms with Gasteiger partial charge in [-0.1, -0.05) is 50.1 Å². The number of hydrogen-bond donors (Lipinski definition) is 3. The molecular weight excluding hydrogens is 612 g/mol. The quantitative estimate of drug-likeness (QED) is 0.178. The molecular formula is C35H49ClN2O6S. The first-order valence-corrected chi connectivity index (χ1v) is 17.5. The number of carbonyl (C=O) groups excluding carboxylic acids is 2. The molecule has 248 valence electrons. The Labute approximate surface area is 275 Å². The van der Waals surface area contributed by atoms with E-state index in [1.807, 2.05) is 43.3 Å². The van der Waals surface area contributed by atoms with Crippen molar-refractivity contribution >= 4 is 40.5 Å². The number of carbonyl (C=O) groups is 2. The third-order valence-electron chi connectivity index (χ3n) is 8.70. The van der Waals surface area contributed by atoms with Gasteiger partial charge in [-0.3, -0.25) is 9.52 Å². The second kappa shape index (κ2) is 17.3. The van der Waals surface area contributed by atoms with Crippen molar-refractivity contribution < 1.29 is 28.7 Å². The smallest absolute Gasteiger partial charge is 0.263 e. The van der Waals surface area contributed by atoms with Crippen molar-refractivity contribution in [3.63, 3.8) is 0 Å². The molecule has 5 atom stereocenters. The van der Waals surface area contributed by atoms with Gasteiger partial charge in [-0.15, -0.1) is 0 Å². The van der Waals surface area contributed by atoms with Crippen molar-refractivity contribution in [3.8, 4) is 5.75 Å². The number of halogens is 1. The fraction of sp³-hybridized carbons (Fsp3) is 0.543. The Morgan fingerprint density at radius 3 is 2.58 bits per heavy atom. The van der Waals surface area contributed by atoms with Crippen LogP contribution in [0.2, 0.25) is 5.02 Å². The Balaban J connectivity index is 0.00000271. The minimum atomic E-state index is -1.49. The standard InChI is InChI=1S/C34H45ClN2O5S.CH4O/c1-5-7-15-34(40,16-17-38)30-13-9-26(30)20-37-21-27(29-12-11-28(35)18-24(29)8-6-2)22-42-32-14-10-25(19-31(32)37)33(39)36-43(41)23(3)4;1-2/h7,10-12,14-15,17-19,23,26-27,30,40H,5-6,8-9,13,16,20-22H2,1-4H3,(H,36,39);2H,1H3/b15-7+;. The van der Waals surface area contributed by atoms with E-state index in [4.69, 9.17) is 21.4 Å². The van der Waals surface area contributed by atoms with Crippen LogP contribution in [0.1, 0.15) is 87.2 Å². The SMILES string of the molecule is CC/C=C/C(O)(CC=O)C1CCC1CN1CC(c2ccc(Cl)cc2CCC)COc2ccc(C(=O)NS(=O)C(C)C)cc21.CO. The number of amides is 1. The molecule has 8 nitrogen and oxygen atoms in total. The summed E-state index contributed by atoms with van der Waals surface area (Å²) in [5.41, 5.74) is 2.43. The summed E-state index contributed by atoms with van der Waals surface area (Å²) >= 11 is 6.39. The minimum absolute atomic E-state index is 0.0457. The first-order chi connectivity index (χ1) is 21.6. The van der Waals surface area contributed by atoms with Gasteiger partial charge in [0.25, 0.3) is 5.91 Å². The van der Waals surface area contributed by atoms with Crippen LogP contribution in [0.4, 0.5) is 5.69 Å². The van der Waals surface area contributed by atoms with E-state index >= 15 is 0 Å². The van der Waals surface area contributed by atoms with Gasteiger partial charge in [0.2, 0.25) is 0 Å². The fourth-order valence-corrected chi connectivity index (χ4v) is 6.98. The monoisotopic (exact) mass is 660 g/mol. The van der Waals surface area contributed by atoms with Crippen molar-refractivity contribution in [3.05, 3.63) is 70.3 Å². The Kier molecular flexibility index (Phi) is 14.1. The van der Waals surface area contributed by atoms with Crippen LogP contribution in [0.25, 0.3) is 0 Å². The number of nitrogens with one attached hydrogen (secondary N) is 1. The van der Waals surface area contributed by atoms with E-state index in [1.54, 1.807) is 19.9 Å². The third-order valence-corrected chi connectivity index (χ3v) is 10.2. The molecule has 10 heteroatoms. The van der Waals surface area contributed by atoms with E-state index in [1.165, 1.54) is 11.1 Å². The van der Waals surface area contributed by atoms with Crippen LogP contribution < -0.4 is 14.4 Å². The zero-order chi connectivity index (χ0) is 33.1. The molecule has 2 aromatic rings. The number of benzene rings is 2. The first-order valence-electron chi connectivity index (χ1n) is 15.9. The van der Waals surface area contributed by atoms with Gasteiger partial charge in [-0.2, -0.15) is 0 Å². The molecule has 4 rings (SSSR count). The van der Waals surface area contributed by atoms with Gasteiger partial charge in [-0.05, 0) is 92.8 Å². The van der Waals surface area contributed by atoms with Gasteiger partial charge in [0.05, 0.1) is 17.9 Å².